The summed E-state index contributed by atoms with van der Waals surface area (Å²) in [5, 5.41) is 22.8. The number of nitriles is 1. The maximum Gasteiger partial charge on any atom is 0.299 e. The van der Waals surface area contributed by atoms with Gasteiger partial charge in [-0.15, -0.1) is 0 Å². The molecule has 34 heavy (non-hydrogen) atoms. The molecule has 2 aromatic carbocycles. The highest BCUT2D eigenvalue weighted by Crippen LogP contribution is 2.36. The molecule has 2 N–H and O–H groups in total. The monoisotopic (exact) mass is 570 g/mol. The molecular formula is C24H20FIN6O2. The third kappa shape index (κ3) is 4.00. The zero-order valence-corrected chi connectivity index (χ0v) is 20.6. The molecule has 1 aliphatic heterocycles. The molecule has 0 radical (unpaired) electrons. The second-order valence-corrected chi connectivity index (χ2v) is 9.68. The maximum absolute atomic E-state index is 13.9. The molecule has 1 aliphatic rings. The largest absolute Gasteiger partial charge is 0.507 e. The lowest BCUT2D eigenvalue weighted by atomic mass is 9.99. The van der Waals surface area contributed by atoms with Crippen molar-refractivity contribution in [3.05, 3.63) is 57.2 Å². The topological polar surface area (TPSA) is 109 Å². The SMILES string of the molecule is CC1(C)COc2nc3c(NCCc4ccc(O)c(-c5cc(F)cc(C#N)c5)c4)nc(I)nc3n21. The van der Waals surface area contributed by atoms with Crippen molar-refractivity contribution in [1.82, 2.24) is 19.5 Å². The number of anilines is 1. The van der Waals surface area contributed by atoms with Gasteiger partial charge in [0.05, 0.1) is 17.2 Å². The fourth-order valence-electron chi connectivity index (χ4n) is 4.09. The number of hydrogen-bond acceptors (Lipinski definition) is 7. The van der Waals surface area contributed by atoms with E-state index in [1.54, 1.807) is 18.2 Å². The molecule has 10 heteroatoms. The molecule has 0 unspecified atom stereocenters. The summed E-state index contributed by atoms with van der Waals surface area (Å²) in [7, 11) is 0. The Morgan fingerprint density at radius 3 is 2.85 bits per heavy atom. The van der Waals surface area contributed by atoms with E-state index in [9.17, 15) is 9.50 Å². The van der Waals surface area contributed by atoms with E-state index in [4.69, 9.17) is 10.00 Å². The average molecular weight is 570 g/mol. The Hall–Kier alpha value is -3.46. The fraction of sp³-hybridized carbons (Fsp3) is 0.250. The Labute approximate surface area is 208 Å². The summed E-state index contributed by atoms with van der Waals surface area (Å²) in [6, 6.07) is 11.7. The summed E-state index contributed by atoms with van der Waals surface area (Å²) in [6.07, 6.45) is 0.616. The van der Waals surface area contributed by atoms with Crippen LogP contribution in [0.3, 0.4) is 0 Å². The Morgan fingerprint density at radius 2 is 2.06 bits per heavy atom. The Balaban J connectivity index is 1.39. The average Bonchev–Trinajstić information content (AvgIpc) is 3.31. The molecule has 0 saturated carbocycles. The molecule has 0 fully saturated rings. The van der Waals surface area contributed by atoms with Crippen molar-refractivity contribution in [1.29, 1.82) is 5.26 Å². The van der Waals surface area contributed by atoms with E-state index in [1.165, 1.54) is 6.07 Å². The molecule has 3 heterocycles. The molecule has 4 aromatic rings. The lowest BCUT2D eigenvalue weighted by molar-refractivity contribution is 0.268. The van der Waals surface area contributed by atoms with Crippen molar-refractivity contribution in [2.75, 3.05) is 18.5 Å². The van der Waals surface area contributed by atoms with Crippen molar-refractivity contribution < 1.29 is 14.2 Å². The molecule has 0 saturated heterocycles. The van der Waals surface area contributed by atoms with Crippen LogP contribution >= 0.6 is 22.6 Å². The molecule has 5 rings (SSSR count). The van der Waals surface area contributed by atoms with Gasteiger partial charge >= 0.3 is 0 Å². The summed E-state index contributed by atoms with van der Waals surface area (Å²) < 4.78 is 22.3. The van der Waals surface area contributed by atoms with Crippen LogP contribution in [0.15, 0.2) is 36.4 Å². The van der Waals surface area contributed by atoms with Gasteiger partial charge in [0, 0.05) is 34.7 Å². The van der Waals surface area contributed by atoms with Crippen molar-refractivity contribution in [3.63, 3.8) is 0 Å². The number of aromatic nitrogens is 4. The lowest BCUT2D eigenvalue weighted by Crippen LogP contribution is -2.26. The van der Waals surface area contributed by atoms with Gasteiger partial charge in [-0.1, -0.05) is 6.07 Å². The number of halogens is 2. The molecule has 0 amide bonds. The standard InChI is InChI=1S/C24H20FIN6O2/c1-24(2)12-34-23-29-19-20(30-22(26)31-21(19)32(23)24)28-6-5-13-3-4-18(33)17(9-13)15-7-14(11-27)8-16(25)10-15/h3-4,7-10,33H,5-6,12H2,1-2H3,(H,28,30,31). The quantitative estimate of drug-likeness (QED) is 0.267. The van der Waals surface area contributed by atoms with Gasteiger partial charge in [0.1, 0.15) is 18.2 Å². The number of benzene rings is 2. The number of imidazole rings is 1. The summed E-state index contributed by atoms with van der Waals surface area (Å²) in [6.45, 7) is 5.24. The minimum atomic E-state index is -0.526. The minimum Gasteiger partial charge on any atom is -0.507 e. The molecule has 2 aromatic heterocycles. The van der Waals surface area contributed by atoms with Crippen LogP contribution in [0, 0.1) is 21.0 Å². The van der Waals surface area contributed by atoms with Gasteiger partial charge < -0.3 is 15.2 Å². The Morgan fingerprint density at radius 1 is 1.24 bits per heavy atom. The number of fused-ring (bicyclic) bond motifs is 3. The van der Waals surface area contributed by atoms with E-state index >= 15 is 0 Å². The third-order valence-corrected chi connectivity index (χ3v) is 6.20. The number of phenols is 1. The summed E-state index contributed by atoms with van der Waals surface area (Å²) in [5.41, 5.74) is 3.18. The molecular weight excluding hydrogens is 550 g/mol. The van der Waals surface area contributed by atoms with Gasteiger partial charge in [-0.2, -0.15) is 10.2 Å². The Kier molecular flexibility index (Phi) is 5.51. The predicted molar refractivity (Wildman–Crippen MR) is 133 cm³/mol. The second kappa shape index (κ2) is 8.39. The summed E-state index contributed by atoms with van der Waals surface area (Å²) in [4.78, 5) is 13.7. The smallest absolute Gasteiger partial charge is 0.299 e. The van der Waals surface area contributed by atoms with E-state index in [1.807, 2.05) is 16.7 Å². The van der Waals surface area contributed by atoms with Gasteiger partial charge in [-0.25, -0.2) is 14.4 Å². The van der Waals surface area contributed by atoms with Crippen LogP contribution in [-0.2, 0) is 12.0 Å². The van der Waals surface area contributed by atoms with Crippen LogP contribution in [0.25, 0.3) is 22.3 Å². The first-order valence-electron chi connectivity index (χ1n) is 10.6. The lowest BCUT2D eigenvalue weighted by Gasteiger charge is -2.18. The van der Waals surface area contributed by atoms with Crippen LogP contribution in [-0.4, -0.2) is 37.8 Å². The number of ether oxygens (including phenoxy) is 1. The number of phenolic OH excluding ortho intramolecular Hbond substituents is 1. The van der Waals surface area contributed by atoms with E-state index in [0.29, 0.717) is 51.9 Å². The van der Waals surface area contributed by atoms with E-state index in [2.05, 4.69) is 56.7 Å². The van der Waals surface area contributed by atoms with Gasteiger partial charge in [0.2, 0.25) is 0 Å². The number of aromatic hydroxyl groups is 1. The van der Waals surface area contributed by atoms with Crippen LogP contribution in [0.4, 0.5) is 10.2 Å². The number of nitrogens with one attached hydrogen (secondary N) is 1. The van der Waals surface area contributed by atoms with Crippen molar-refractivity contribution in [2.45, 2.75) is 25.8 Å². The normalized spacial score (nSPS) is 14.0. The van der Waals surface area contributed by atoms with Gasteiger partial charge in [0.25, 0.3) is 6.01 Å². The predicted octanol–water partition coefficient (Wildman–Crippen LogP) is 4.60. The zero-order chi connectivity index (χ0) is 24.0. The number of nitrogens with zero attached hydrogens (tertiary/aromatic N) is 5. The first-order chi connectivity index (χ1) is 16.2. The van der Waals surface area contributed by atoms with E-state index in [-0.39, 0.29) is 16.9 Å². The highest BCUT2D eigenvalue weighted by atomic mass is 127. The summed E-state index contributed by atoms with van der Waals surface area (Å²) >= 11 is 2.09. The van der Waals surface area contributed by atoms with Crippen LogP contribution in [0.1, 0.15) is 25.0 Å². The van der Waals surface area contributed by atoms with Gasteiger partial charge in [-0.3, -0.25) is 4.57 Å². The van der Waals surface area contributed by atoms with Crippen LogP contribution in [0.5, 0.6) is 11.8 Å². The van der Waals surface area contributed by atoms with Crippen molar-refractivity contribution in [2.24, 2.45) is 0 Å². The minimum absolute atomic E-state index is 0.0217. The number of hydrogen-bond donors (Lipinski definition) is 2. The fourth-order valence-corrected chi connectivity index (χ4v) is 4.56. The van der Waals surface area contributed by atoms with E-state index in [0.717, 1.165) is 17.3 Å². The summed E-state index contributed by atoms with van der Waals surface area (Å²) in [5.74, 6) is 0.119. The Bertz CT molecular complexity index is 1480. The second-order valence-electron chi connectivity index (χ2n) is 8.71. The molecule has 172 valence electrons. The maximum atomic E-state index is 13.9. The highest BCUT2D eigenvalue weighted by Gasteiger charge is 2.36. The zero-order valence-electron chi connectivity index (χ0n) is 18.4. The van der Waals surface area contributed by atoms with Gasteiger partial charge in [0.15, 0.2) is 20.8 Å². The van der Waals surface area contributed by atoms with Crippen LogP contribution in [0.2, 0.25) is 0 Å². The molecule has 0 bridgehead atoms. The first-order valence-corrected chi connectivity index (χ1v) is 11.7. The van der Waals surface area contributed by atoms with E-state index < -0.39 is 5.82 Å². The van der Waals surface area contributed by atoms with Gasteiger partial charge in [-0.05, 0) is 61.7 Å². The third-order valence-electron chi connectivity index (χ3n) is 5.71. The molecule has 0 aliphatic carbocycles. The van der Waals surface area contributed by atoms with Crippen LogP contribution < -0.4 is 10.1 Å². The van der Waals surface area contributed by atoms with Crippen molar-refractivity contribution in [3.8, 4) is 29.0 Å². The molecule has 0 atom stereocenters. The first kappa shape index (κ1) is 22.3. The van der Waals surface area contributed by atoms with Crippen molar-refractivity contribution >= 4 is 39.6 Å². The molecule has 0 spiro atoms. The number of rotatable bonds is 5. The highest BCUT2D eigenvalue weighted by molar-refractivity contribution is 14.1. The molecule has 8 nitrogen and oxygen atoms in total.